The van der Waals surface area contributed by atoms with E-state index in [0.29, 0.717) is 0 Å². The topological polar surface area (TPSA) is 94.0 Å². The highest BCUT2D eigenvalue weighted by atomic mass is 19.1. The number of halogens is 2. The van der Waals surface area contributed by atoms with Gasteiger partial charge in [-0.1, -0.05) is 51.1 Å². The average Bonchev–Trinajstić information content (AvgIpc) is 3.06. The number of aliphatic hydroxyl groups excluding tert-OH is 1. The van der Waals surface area contributed by atoms with Gasteiger partial charge in [0.05, 0.1) is 18.0 Å². The van der Waals surface area contributed by atoms with Gasteiger partial charge in [-0.25, -0.2) is 18.4 Å². The third-order valence-corrected chi connectivity index (χ3v) is 4.86. The molecule has 6 nitrogen and oxygen atoms in total. The molecule has 0 aliphatic rings. The smallest absolute Gasteiger partial charge is 0.247 e. The van der Waals surface area contributed by atoms with Crippen LogP contribution in [0, 0.1) is 17.0 Å². The summed E-state index contributed by atoms with van der Waals surface area (Å²) in [6.45, 7) is 5.74. The summed E-state index contributed by atoms with van der Waals surface area (Å²) < 4.78 is 29.6. The number of aromatic nitrogens is 3. The monoisotopic (exact) mass is 414 g/mol. The van der Waals surface area contributed by atoms with Crippen molar-refractivity contribution >= 4 is 5.91 Å². The van der Waals surface area contributed by atoms with Gasteiger partial charge < -0.3 is 10.8 Å². The Morgan fingerprint density at radius 2 is 1.83 bits per heavy atom. The molecule has 0 saturated heterocycles. The Kier molecular flexibility index (Phi) is 5.98. The molecule has 0 saturated carbocycles. The minimum atomic E-state index is -1.53. The fraction of sp³-hybridized carbons (Fsp3) is 0.318. The van der Waals surface area contributed by atoms with E-state index in [-0.39, 0.29) is 23.8 Å². The van der Waals surface area contributed by atoms with E-state index in [1.807, 2.05) is 51.1 Å². The third kappa shape index (κ3) is 4.54. The van der Waals surface area contributed by atoms with Crippen LogP contribution in [0.2, 0.25) is 0 Å². The Morgan fingerprint density at radius 3 is 2.43 bits per heavy atom. The van der Waals surface area contributed by atoms with Crippen LogP contribution in [-0.2, 0) is 11.3 Å². The van der Waals surface area contributed by atoms with Crippen LogP contribution in [0.1, 0.15) is 38.1 Å². The second-order valence-corrected chi connectivity index (χ2v) is 8.25. The first kappa shape index (κ1) is 21.6. The third-order valence-electron chi connectivity index (χ3n) is 4.86. The van der Waals surface area contributed by atoms with E-state index >= 15 is 0 Å². The van der Waals surface area contributed by atoms with Crippen molar-refractivity contribution < 1.29 is 18.7 Å². The van der Waals surface area contributed by atoms with Crippen molar-refractivity contribution in [3.8, 4) is 11.4 Å². The molecule has 0 bridgehead atoms. The molecule has 0 aliphatic carbocycles. The summed E-state index contributed by atoms with van der Waals surface area (Å²) in [5, 5.41) is 14.9. The molecule has 30 heavy (non-hydrogen) atoms. The van der Waals surface area contributed by atoms with Gasteiger partial charge >= 0.3 is 0 Å². The van der Waals surface area contributed by atoms with Gasteiger partial charge in [0.25, 0.3) is 0 Å². The van der Waals surface area contributed by atoms with Crippen LogP contribution >= 0.6 is 0 Å². The van der Waals surface area contributed by atoms with E-state index in [1.54, 1.807) is 0 Å². The molecule has 0 fully saturated rings. The number of nitrogens with zero attached hydrogens (tertiary/aromatic N) is 3. The van der Waals surface area contributed by atoms with E-state index < -0.39 is 35.0 Å². The van der Waals surface area contributed by atoms with Gasteiger partial charge in [-0.15, -0.1) is 0 Å². The van der Waals surface area contributed by atoms with Gasteiger partial charge in [0.2, 0.25) is 5.91 Å². The zero-order valence-corrected chi connectivity index (χ0v) is 17.0. The molecular weight excluding hydrogens is 390 g/mol. The molecule has 2 atom stereocenters. The van der Waals surface area contributed by atoms with Gasteiger partial charge in [-0.05, 0) is 29.2 Å². The highest BCUT2D eigenvalue weighted by molar-refractivity contribution is 5.79. The minimum Gasteiger partial charge on any atom is -0.382 e. The normalized spacial score (nSPS) is 13.8. The summed E-state index contributed by atoms with van der Waals surface area (Å²) in [7, 11) is 0. The van der Waals surface area contributed by atoms with Crippen LogP contribution in [0.3, 0.4) is 0 Å². The molecule has 1 amide bonds. The fourth-order valence-corrected chi connectivity index (χ4v) is 3.41. The Bertz CT molecular complexity index is 1050. The van der Waals surface area contributed by atoms with Gasteiger partial charge in [0.1, 0.15) is 23.6 Å². The molecule has 1 aromatic heterocycles. The van der Waals surface area contributed by atoms with Gasteiger partial charge in [-0.2, -0.15) is 5.10 Å². The van der Waals surface area contributed by atoms with E-state index in [4.69, 9.17) is 5.73 Å². The Morgan fingerprint density at radius 1 is 1.17 bits per heavy atom. The summed E-state index contributed by atoms with van der Waals surface area (Å²) >= 11 is 0. The lowest BCUT2D eigenvalue weighted by molar-refractivity contribution is -0.128. The van der Waals surface area contributed by atoms with Crippen molar-refractivity contribution in [1.82, 2.24) is 14.8 Å². The molecule has 1 heterocycles. The van der Waals surface area contributed by atoms with Crippen LogP contribution in [0.15, 0.2) is 48.5 Å². The first-order valence-electron chi connectivity index (χ1n) is 9.49. The average molecular weight is 414 g/mol. The van der Waals surface area contributed by atoms with Crippen molar-refractivity contribution in [3.63, 3.8) is 0 Å². The fourth-order valence-electron chi connectivity index (χ4n) is 3.41. The molecule has 158 valence electrons. The van der Waals surface area contributed by atoms with Crippen molar-refractivity contribution in [2.75, 3.05) is 0 Å². The van der Waals surface area contributed by atoms with Crippen molar-refractivity contribution in [1.29, 1.82) is 0 Å². The van der Waals surface area contributed by atoms with Crippen LogP contribution in [0.25, 0.3) is 11.4 Å². The predicted octanol–water partition coefficient (Wildman–Crippen LogP) is 3.25. The second kappa shape index (κ2) is 8.31. The first-order chi connectivity index (χ1) is 14.1. The van der Waals surface area contributed by atoms with Crippen molar-refractivity contribution in [2.45, 2.75) is 39.3 Å². The number of hydrogen-bond donors (Lipinski definition) is 2. The van der Waals surface area contributed by atoms with Crippen LogP contribution in [0.5, 0.6) is 0 Å². The number of aliphatic hydroxyl groups is 1. The standard InChI is InChI=1S/C22H24F2N4O2/c1-22(2,3)17(18(29)19(25)30)21-26-20(15-11-14(23)9-10-16(15)24)27-28(21)12-13-7-5-4-6-8-13/h4-11,17-18,29H,12H2,1-3H3,(H2,25,30)/t17-,18?/m0/s1. The van der Waals surface area contributed by atoms with E-state index in [1.165, 1.54) is 4.68 Å². The summed E-state index contributed by atoms with van der Waals surface area (Å²) in [5.74, 6) is -2.81. The first-order valence-corrected chi connectivity index (χ1v) is 9.49. The molecular formula is C22H24F2N4O2. The highest BCUT2D eigenvalue weighted by Gasteiger charge is 2.39. The van der Waals surface area contributed by atoms with Crippen LogP contribution < -0.4 is 5.73 Å². The van der Waals surface area contributed by atoms with Crippen LogP contribution in [-0.4, -0.2) is 31.9 Å². The molecule has 2 aromatic carbocycles. The number of nitrogens with two attached hydrogens (primary N) is 1. The molecule has 3 N–H and O–H groups in total. The number of primary amides is 1. The van der Waals surface area contributed by atoms with E-state index in [2.05, 4.69) is 10.1 Å². The Labute approximate surface area is 173 Å². The number of benzene rings is 2. The molecule has 3 rings (SSSR count). The van der Waals surface area contributed by atoms with E-state index in [0.717, 1.165) is 23.8 Å². The lowest BCUT2D eigenvalue weighted by atomic mass is 9.76. The Balaban J connectivity index is 2.19. The summed E-state index contributed by atoms with van der Waals surface area (Å²) in [6, 6.07) is 12.4. The van der Waals surface area contributed by atoms with Gasteiger partial charge in [-0.3, -0.25) is 4.79 Å². The Hall–Kier alpha value is -3.13. The number of hydrogen-bond acceptors (Lipinski definition) is 4. The largest absolute Gasteiger partial charge is 0.382 e. The lowest BCUT2D eigenvalue weighted by Crippen LogP contribution is -2.41. The maximum Gasteiger partial charge on any atom is 0.247 e. The maximum atomic E-state index is 14.4. The number of rotatable bonds is 6. The number of carbonyl (C=O) groups is 1. The zero-order chi connectivity index (χ0) is 22.1. The van der Waals surface area contributed by atoms with Crippen molar-refractivity contribution in [3.05, 3.63) is 71.6 Å². The van der Waals surface area contributed by atoms with Gasteiger partial charge in [0.15, 0.2) is 5.82 Å². The number of amides is 1. The number of carbonyl (C=O) groups excluding carboxylic acids is 1. The quantitative estimate of drug-likeness (QED) is 0.647. The van der Waals surface area contributed by atoms with E-state index in [9.17, 15) is 18.7 Å². The lowest BCUT2D eigenvalue weighted by Gasteiger charge is -2.32. The van der Waals surface area contributed by atoms with Crippen molar-refractivity contribution in [2.24, 2.45) is 11.1 Å². The molecule has 3 aromatic rings. The highest BCUT2D eigenvalue weighted by Crippen LogP contribution is 2.38. The summed E-state index contributed by atoms with van der Waals surface area (Å²) in [6.07, 6.45) is -1.53. The molecule has 1 unspecified atom stereocenters. The molecule has 8 heteroatoms. The maximum absolute atomic E-state index is 14.4. The van der Waals surface area contributed by atoms with Crippen LogP contribution in [0.4, 0.5) is 8.78 Å². The summed E-state index contributed by atoms with van der Waals surface area (Å²) in [5.41, 5.74) is 5.53. The predicted molar refractivity (Wildman–Crippen MR) is 108 cm³/mol. The summed E-state index contributed by atoms with van der Waals surface area (Å²) in [4.78, 5) is 16.2. The molecule has 0 radical (unpaired) electrons. The SMILES string of the molecule is CC(C)(C)[C@H](c1nc(-c2cc(F)ccc2F)nn1Cc1ccccc1)C(O)C(N)=O. The molecule has 0 spiro atoms. The van der Waals surface area contributed by atoms with Gasteiger partial charge in [0, 0.05) is 0 Å². The second-order valence-electron chi connectivity index (χ2n) is 8.25. The zero-order valence-electron chi connectivity index (χ0n) is 17.0. The minimum absolute atomic E-state index is 0.0381. The molecule has 0 aliphatic heterocycles.